The highest BCUT2D eigenvalue weighted by Crippen LogP contribution is 2.29. The summed E-state index contributed by atoms with van der Waals surface area (Å²) in [6.07, 6.45) is 3.59. The fraction of sp³-hybridized carbons (Fsp3) is 0.0455. The second-order valence-electron chi connectivity index (χ2n) is 6.30. The van der Waals surface area contributed by atoms with E-state index in [2.05, 4.69) is 10.5 Å². The van der Waals surface area contributed by atoms with Crippen LogP contribution in [0.2, 0.25) is 0 Å². The molecule has 31 heavy (non-hydrogen) atoms. The Morgan fingerprint density at radius 1 is 0.968 bits per heavy atom. The first-order valence-electron chi connectivity index (χ1n) is 9.12. The van der Waals surface area contributed by atoms with Gasteiger partial charge in [-0.3, -0.25) is 25.7 Å². The van der Waals surface area contributed by atoms with Crippen molar-refractivity contribution < 1.29 is 14.6 Å². The molecule has 0 fully saturated rings. The molecule has 0 aromatic heterocycles. The number of non-ortho nitro benzene ring substituents is 1. The summed E-state index contributed by atoms with van der Waals surface area (Å²) in [6, 6.07) is 20.0. The molecule has 0 aliphatic heterocycles. The Kier molecular flexibility index (Phi) is 6.69. The van der Waals surface area contributed by atoms with Crippen LogP contribution < -0.4 is 10.2 Å². The van der Waals surface area contributed by atoms with Gasteiger partial charge in [-0.25, -0.2) is 0 Å². The molecular formula is C22H18N4O5. The van der Waals surface area contributed by atoms with Crippen molar-refractivity contribution in [3.05, 3.63) is 110 Å². The van der Waals surface area contributed by atoms with Crippen molar-refractivity contribution in [2.45, 2.75) is 0 Å². The van der Waals surface area contributed by atoms with Crippen molar-refractivity contribution in [3.63, 3.8) is 0 Å². The van der Waals surface area contributed by atoms with Gasteiger partial charge in [-0.05, 0) is 29.8 Å². The molecule has 0 radical (unpaired) electrons. The number of nitrogens with zero attached hydrogens (tertiary/aromatic N) is 3. The number of rotatable bonds is 8. The molecule has 9 nitrogen and oxygen atoms in total. The molecule has 0 atom stereocenters. The standard InChI is InChI=1S/C22H18N4O5/c1-31-19-9-5-6-16(14-19)10-12-20(17-7-3-2-4-8-17)23-24-21-13-11-18(25(27)28)15-22(21)26(29)30/h2-15,24H,1H3/b12-10+,23-20-. The number of hydrogen-bond acceptors (Lipinski definition) is 7. The Bertz CT molecular complexity index is 1160. The summed E-state index contributed by atoms with van der Waals surface area (Å²) < 4.78 is 5.23. The average Bonchev–Trinajstić information content (AvgIpc) is 2.79. The van der Waals surface area contributed by atoms with Crippen LogP contribution in [0.1, 0.15) is 11.1 Å². The highest BCUT2D eigenvalue weighted by Gasteiger charge is 2.19. The van der Waals surface area contributed by atoms with Crippen molar-refractivity contribution in [3.8, 4) is 5.75 Å². The molecule has 0 aliphatic rings. The minimum absolute atomic E-state index is 0.0406. The normalized spacial score (nSPS) is 11.3. The number of nitrogens with one attached hydrogen (secondary N) is 1. The van der Waals surface area contributed by atoms with E-state index in [1.54, 1.807) is 13.2 Å². The van der Waals surface area contributed by atoms with E-state index in [0.717, 1.165) is 17.2 Å². The minimum Gasteiger partial charge on any atom is -0.497 e. The van der Waals surface area contributed by atoms with Crippen molar-refractivity contribution in [2.24, 2.45) is 5.10 Å². The van der Waals surface area contributed by atoms with Crippen molar-refractivity contribution in [2.75, 3.05) is 12.5 Å². The smallest absolute Gasteiger partial charge is 0.301 e. The van der Waals surface area contributed by atoms with Crippen molar-refractivity contribution in [1.29, 1.82) is 0 Å². The topological polar surface area (TPSA) is 120 Å². The van der Waals surface area contributed by atoms with Gasteiger partial charge in [-0.15, -0.1) is 0 Å². The van der Waals surface area contributed by atoms with Gasteiger partial charge in [0.2, 0.25) is 0 Å². The van der Waals surface area contributed by atoms with Gasteiger partial charge in [0, 0.05) is 11.6 Å². The maximum atomic E-state index is 11.4. The second-order valence-corrected chi connectivity index (χ2v) is 6.30. The Morgan fingerprint density at radius 3 is 2.42 bits per heavy atom. The van der Waals surface area contributed by atoms with E-state index in [9.17, 15) is 20.2 Å². The predicted octanol–water partition coefficient (Wildman–Crippen LogP) is 5.04. The number of hydrazone groups is 1. The van der Waals surface area contributed by atoms with Crippen LogP contribution in [0.15, 0.2) is 84.0 Å². The number of ether oxygens (including phenoxy) is 1. The van der Waals surface area contributed by atoms with E-state index >= 15 is 0 Å². The van der Waals surface area contributed by atoms with Gasteiger partial charge in [0.05, 0.1) is 28.7 Å². The summed E-state index contributed by atoms with van der Waals surface area (Å²) in [4.78, 5) is 20.9. The molecule has 0 bridgehead atoms. The van der Waals surface area contributed by atoms with Crippen LogP contribution in [0.4, 0.5) is 17.1 Å². The molecule has 156 valence electrons. The lowest BCUT2D eigenvalue weighted by molar-refractivity contribution is -0.393. The summed E-state index contributed by atoms with van der Waals surface area (Å²) in [5, 5.41) is 26.6. The number of benzene rings is 3. The highest BCUT2D eigenvalue weighted by atomic mass is 16.6. The first kappa shape index (κ1) is 21.2. The third-order valence-electron chi connectivity index (χ3n) is 4.28. The molecule has 1 N–H and O–H groups in total. The Labute approximate surface area is 177 Å². The summed E-state index contributed by atoms with van der Waals surface area (Å²) in [7, 11) is 1.58. The van der Waals surface area contributed by atoms with Gasteiger partial charge in [0.1, 0.15) is 11.4 Å². The lowest BCUT2D eigenvalue weighted by atomic mass is 10.1. The summed E-state index contributed by atoms with van der Waals surface area (Å²) in [5.41, 5.74) is 4.06. The van der Waals surface area contributed by atoms with Crippen molar-refractivity contribution in [1.82, 2.24) is 0 Å². The van der Waals surface area contributed by atoms with Crippen molar-refractivity contribution >= 4 is 28.8 Å². The van der Waals surface area contributed by atoms with Gasteiger partial charge >= 0.3 is 5.69 Å². The van der Waals surface area contributed by atoms with E-state index in [1.807, 2.05) is 60.7 Å². The third-order valence-corrected chi connectivity index (χ3v) is 4.28. The van der Waals surface area contributed by atoms with E-state index < -0.39 is 15.5 Å². The van der Waals surface area contributed by atoms with Gasteiger partial charge in [0.15, 0.2) is 0 Å². The summed E-state index contributed by atoms with van der Waals surface area (Å²) >= 11 is 0. The Balaban J connectivity index is 1.96. The molecule has 3 rings (SSSR count). The first-order chi connectivity index (χ1) is 15.0. The molecule has 0 heterocycles. The molecule has 0 amide bonds. The lowest BCUT2D eigenvalue weighted by Crippen LogP contribution is -2.03. The maximum absolute atomic E-state index is 11.4. The number of allylic oxidation sites excluding steroid dienone is 1. The fourth-order valence-electron chi connectivity index (χ4n) is 2.73. The van der Waals surface area contributed by atoms with Gasteiger partial charge in [-0.1, -0.05) is 48.5 Å². The maximum Gasteiger partial charge on any atom is 0.301 e. The molecule has 0 unspecified atom stereocenters. The number of anilines is 1. The van der Waals surface area contributed by atoms with Gasteiger partial charge in [0.25, 0.3) is 5.69 Å². The summed E-state index contributed by atoms with van der Waals surface area (Å²) in [6.45, 7) is 0. The van der Waals surface area contributed by atoms with Crippen LogP contribution in [0.3, 0.4) is 0 Å². The number of hydrogen-bond donors (Lipinski definition) is 1. The first-order valence-corrected chi connectivity index (χ1v) is 9.12. The molecular weight excluding hydrogens is 400 g/mol. The Morgan fingerprint density at radius 2 is 1.74 bits per heavy atom. The SMILES string of the molecule is COc1cccc(/C=C/C(=N/Nc2ccc([N+](=O)[O-])cc2[N+](=O)[O-])c2ccccc2)c1. The predicted molar refractivity (Wildman–Crippen MR) is 118 cm³/mol. The van der Waals surface area contributed by atoms with Gasteiger partial charge < -0.3 is 4.74 Å². The fourth-order valence-corrected chi connectivity index (χ4v) is 2.73. The molecule has 0 saturated heterocycles. The number of methoxy groups -OCH3 is 1. The van der Waals surface area contributed by atoms with Crippen LogP contribution in [-0.4, -0.2) is 22.7 Å². The second kappa shape index (κ2) is 9.79. The quantitative estimate of drug-likeness (QED) is 0.311. The molecule has 0 aliphatic carbocycles. The zero-order chi connectivity index (χ0) is 22.2. The highest BCUT2D eigenvalue weighted by molar-refractivity contribution is 6.11. The largest absolute Gasteiger partial charge is 0.497 e. The molecule has 3 aromatic rings. The van der Waals surface area contributed by atoms with Gasteiger partial charge in [-0.2, -0.15) is 5.10 Å². The average molecular weight is 418 g/mol. The monoisotopic (exact) mass is 418 g/mol. The lowest BCUT2D eigenvalue weighted by Gasteiger charge is -2.06. The van der Waals surface area contributed by atoms with E-state index in [4.69, 9.17) is 4.74 Å². The summed E-state index contributed by atoms with van der Waals surface area (Å²) in [5.74, 6) is 0.708. The van der Waals surface area contributed by atoms with Crippen LogP contribution in [0.25, 0.3) is 6.08 Å². The van der Waals surface area contributed by atoms with Crippen LogP contribution in [0.5, 0.6) is 5.75 Å². The zero-order valence-corrected chi connectivity index (χ0v) is 16.5. The van der Waals surface area contributed by atoms with Crippen LogP contribution >= 0.6 is 0 Å². The van der Waals surface area contributed by atoms with E-state index in [1.165, 1.54) is 12.1 Å². The van der Waals surface area contributed by atoms with E-state index in [-0.39, 0.29) is 11.4 Å². The third kappa shape index (κ3) is 5.51. The molecule has 0 spiro atoms. The van der Waals surface area contributed by atoms with Crippen LogP contribution in [0, 0.1) is 20.2 Å². The number of nitro groups is 2. The van der Waals surface area contributed by atoms with E-state index in [0.29, 0.717) is 11.5 Å². The Hall–Kier alpha value is -4.53. The molecule has 3 aromatic carbocycles. The molecule has 9 heteroatoms. The van der Waals surface area contributed by atoms with Crippen LogP contribution in [-0.2, 0) is 0 Å². The minimum atomic E-state index is -0.695. The number of nitro benzene ring substituents is 2. The zero-order valence-electron chi connectivity index (χ0n) is 16.5. The molecule has 0 saturated carbocycles.